The van der Waals surface area contributed by atoms with Crippen molar-refractivity contribution in [3.05, 3.63) is 0 Å². The van der Waals surface area contributed by atoms with Crippen LogP contribution in [-0.4, -0.2) is 96.0 Å². The van der Waals surface area contributed by atoms with Gasteiger partial charge in [0.2, 0.25) is 0 Å². The number of ether oxygens (including phenoxy) is 2. The van der Waals surface area contributed by atoms with Crippen LogP contribution in [0, 0.1) is 0 Å². The largest absolute Gasteiger partial charge is 0.473 e. The summed E-state index contributed by atoms with van der Waals surface area (Å²) in [6.07, 6.45) is 77.4. The predicted octanol–water partition coefficient (Wildman–Crippen LogP) is 32.9. The average molecular weight is 1690 g/mol. The number of hydrogen-bond donors (Lipinski definition) is 1. The van der Waals surface area contributed by atoms with E-state index in [9.17, 15) is 4.89 Å². The first-order valence-corrected chi connectivity index (χ1v) is 53.9. The number of phosphoric ester groups is 1. The Morgan fingerprint density at radius 1 is 0.263 bits per heavy atom. The number of hydrogen-bond acceptors (Lipinski definition) is 11. The van der Waals surface area contributed by atoms with Gasteiger partial charge in [0.1, 0.15) is 13.2 Å². The second kappa shape index (κ2) is 84.2. The molecule has 0 saturated carbocycles. The summed E-state index contributed by atoms with van der Waals surface area (Å²) < 4.78 is 41.9. The molecule has 0 bridgehead atoms. The normalized spacial score (nSPS) is 13.3. The number of phosphoric acid groups is 1. The van der Waals surface area contributed by atoms with Gasteiger partial charge in [-0.1, -0.05) is 504 Å². The van der Waals surface area contributed by atoms with Crippen LogP contribution in [0.3, 0.4) is 0 Å². The van der Waals surface area contributed by atoms with Crippen LogP contribution in [0.2, 0.25) is 0 Å². The summed E-state index contributed by atoms with van der Waals surface area (Å²) in [4.78, 5) is 111. The molecule has 0 fully saturated rings. The van der Waals surface area contributed by atoms with E-state index < -0.39 is 60.2 Å². The molecule has 13 nitrogen and oxygen atoms in total. The number of ketones is 4. The maximum absolute atomic E-state index is 17.1. The third-order valence-electron chi connectivity index (χ3n) is 25.2. The highest BCUT2D eigenvalue weighted by molar-refractivity contribution is 7.47. The first-order valence-electron chi connectivity index (χ1n) is 52.4. The minimum atomic E-state index is -5.50. The van der Waals surface area contributed by atoms with E-state index in [1.807, 2.05) is 21.1 Å². The molecule has 0 rings (SSSR count). The molecule has 698 valence electrons. The molecular weight excluding hydrogens is 1490 g/mol. The predicted molar refractivity (Wildman–Crippen MR) is 503 cm³/mol. The molecule has 2 unspecified atom stereocenters. The van der Waals surface area contributed by atoms with Crippen molar-refractivity contribution in [2.75, 3.05) is 34.3 Å². The van der Waals surface area contributed by atoms with E-state index in [0.29, 0.717) is 55.8 Å². The number of Topliss-reactive ketones (excluding diaryl/α,β-unsaturated/α-hetero) is 4. The molecule has 0 aliphatic rings. The zero-order valence-electron chi connectivity index (χ0n) is 80.2. The molecule has 0 aliphatic heterocycles. The molecule has 0 amide bonds. The molecule has 0 spiro atoms. The van der Waals surface area contributed by atoms with Gasteiger partial charge in [0.05, 0.1) is 21.1 Å². The molecule has 0 saturated heterocycles. The highest BCUT2D eigenvalue weighted by Crippen LogP contribution is 2.52. The lowest BCUT2D eigenvalue weighted by atomic mass is 9.66. The summed E-state index contributed by atoms with van der Waals surface area (Å²) >= 11 is 0. The molecule has 3 atom stereocenters. The maximum Gasteiger partial charge on any atom is 0.473 e. The fourth-order valence-corrected chi connectivity index (χ4v) is 18.3. The summed E-state index contributed by atoms with van der Waals surface area (Å²) in [5.74, 6) is -5.58. The van der Waals surface area contributed by atoms with Crippen LogP contribution in [0.15, 0.2) is 0 Å². The number of quaternary nitrogens is 1. The lowest BCUT2D eigenvalue weighted by molar-refractivity contribution is -0.870. The van der Waals surface area contributed by atoms with E-state index in [2.05, 4.69) is 41.5 Å². The van der Waals surface area contributed by atoms with Crippen LogP contribution in [0.1, 0.15) is 581 Å². The van der Waals surface area contributed by atoms with Crippen molar-refractivity contribution >= 4 is 42.9 Å². The maximum atomic E-state index is 17.1. The molecule has 0 aromatic carbocycles. The van der Waals surface area contributed by atoms with E-state index >= 15 is 33.3 Å². The standard InChI is InChI=1S/C104H200NO12P/c1-10-16-22-28-34-40-46-50-52-56-62-65-71-77-83-89-97(107)103(115-100(110)92-86-80-74-68-58-44-38-32-26-20-14-5,98(108)90-84-78-72-66-63-57-53-51-47-41-35-29-23-17-11-2)104(116-101(111)93-87-81-75-69-59-45-39-33-27-21-15-6,99(109)91-85-79-73-67-61-55-49-43-37-31-25-19-13-4)102(117-118(112,113)114-95-94-105(7,8)9)96(106)88-82-76-70-64-60-54-48-42-36-30-24-18-12-3/h102H,10-95H2,1-9H3/p+1/t102?,104-/m0/s1. The lowest BCUT2D eigenvalue weighted by Crippen LogP contribution is -2.77. The number of unbranched alkanes of at least 4 members (excludes halogenated alkanes) is 72. The quantitative estimate of drug-likeness (QED) is 0.0201. The van der Waals surface area contributed by atoms with Crippen molar-refractivity contribution in [2.45, 2.75) is 598 Å². The fourth-order valence-electron chi connectivity index (χ4n) is 17.3. The Hall–Kier alpha value is -2.31. The summed E-state index contributed by atoms with van der Waals surface area (Å²) in [5, 5.41) is 0. The van der Waals surface area contributed by atoms with E-state index in [1.165, 1.54) is 270 Å². The van der Waals surface area contributed by atoms with Crippen molar-refractivity contribution in [3.63, 3.8) is 0 Å². The zero-order valence-corrected chi connectivity index (χ0v) is 81.1. The second-order valence-electron chi connectivity index (χ2n) is 37.9. The Morgan fingerprint density at radius 3 is 0.669 bits per heavy atom. The van der Waals surface area contributed by atoms with Crippen molar-refractivity contribution in [3.8, 4) is 0 Å². The number of likely N-dealkylation sites (N-methyl/N-ethyl adjacent to an activating group) is 1. The molecular formula is C104H201NO12P+. The van der Waals surface area contributed by atoms with Gasteiger partial charge in [-0.15, -0.1) is 0 Å². The van der Waals surface area contributed by atoms with Crippen LogP contribution in [-0.2, 0) is 51.9 Å². The molecule has 0 aromatic rings. The Morgan fingerprint density at radius 2 is 0.449 bits per heavy atom. The van der Waals surface area contributed by atoms with Gasteiger partial charge in [-0.2, -0.15) is 0 Å². The van der Waals surface area contributed by atoms with Gasteiger partial charge >= 0.3 is 19.8 Å². The highest BCUT2D eigenvalue weighted by Gasteiger charge is 2.75. The molecule has 118 heavy (non-hydrogen) atoms. The molecule has 0 aliphatic carbocycles. The molecule has 0 aromatic heterocycles. The highest BCUT2D eigenvalue weighted by atomic mass is 31.2. The zero-order chi connectivity index (χ0) is 86.7. The summed E-state index contributed by atoms with van der Waals surface area (Å²) in [7, 11) is 0.244. The minimum Gasteiger partial charge on any atom is -0.442 e. The van der Waals surface area contributed by atoms with Gasteiger partial charge in [-0.25, -0.2) is 4.57 Å². The Balaban J connectivity index is 8.67. The lowest BCUT2D eigenvalue weighted by Gasteiger charge is -2.48. The molecule has 0 radical (unpaired) electrons. The van der Waals surface area contributed by atoms with Gasteiger partial charge in [-0.3, -0.25) is 37.8 Å². The van der Waals surface area contributed by atoms with Crippen LogP contribution < -0.4 is 0 Å². The summed E-state index contributed by atoms with van der Waals surface area (Å²) in [6.45, 7) is 13.4. The van der Waals surface area contributed by atoms with Crippen molar-refractivity contribution in [1.82, 2.24) is 0 Å². The fraction of sp³-hybridized carbons (Fsp3) is 0.942. The SMILES string of the molecule is CCCCCCCCCCCCCCCCCC(=O)C(OC(=O)CCCCCCCCCCCCC)(C(=O)CCCCCCCCCCCCCCCCC)[C@](OC(=O)CCCCCCCCCCCCC)(C(=O)CCCCCCCCCCCCCCC)C(OP(=O)(O)OCC[N+](C)(C)C)C(=O)CCCCCCCCCCCCCCC. The monoisotopic (exact) mass is 1690 g/mol. The number of carbonyl (C=O) groups excluding carboxylic acids is 6. The van der Waals surface area contributed by atoms with Crippen LogP contribution in [0.4, 0.5) is 0 Å². The third kappa shape index (κ3) is 66.2. The number of esters is 2. The summed E-state index contributed by atoms with van der Waals surface area (Å²) in [6, 6.07) is 0. The average Bonchev–Trinajstić information content (AvgIpc) is 0.706. The molecule has 14 heteroatoms. The number of carbonyl (C=O) groups is 6. The summed E-state index contributed by atoms with van der Waals surface area (Å²) in [5.41, 5.74) is -6.62. The smallest absolute Gasteiger partial charge is 0.442 e. The first-order chi connectivity index (χ1) is 57.4. The number of rotatable bonds is 98. The minimum absolute atomic E-state index is 0.210. The van der Waals surface area contributed by atoms with Crippen LogP contribution in [0.5, 0.6) is 0 Å². The van der Waals surface area contributed by atoms with E-state index in [-0.39, 0.29) is 77.4 Å². The van der Waals surface area contributed by atoms with Gasteiger partial charge in [0.25, 0.3) is 11.2 Å². The molecule has 0 heterocycles. The van der Waals surface area contributed by atoms with Crippen molar-refractivity contribution in [1.29, 1.82) is 0 Å². The Labute approximate surface area is 732 Å². The Kier molecular flexibility index (Phi) is 82.5. The van der Waals surface area contributed by atoms with E-state index in [1.54, 1.807) is 0 Å². The van der Waals surface area contributed by atoms with E-state index in [0.717, 1.165) is 154 Å². The van der Waals surface area contributed by atoms with Gasteiger partial charge in [0, 0.05) is 38.5 Å². The van der Waals surface area contributed by atoms with Crippen molar-refractivity contribution < 1.29 is 61.2 Å². The first kappa shape index (κ1) is 116. The van der Waals surface area contributed by atoms with Gasteiger partial charge in [0.15, 0.2) is 29.2 Å². The third-order valence-corrected chi connectivity index (χ3v) is 26.2. The van der Waals surface area contributed by atoms with Crippen molar-refractivity contribution in [2.24, 2.45) is 0 Å². The Bertz CT molecular complexity index is 2280. The van der Waals surface area contributed by atoms with Gasteiger partial charge in [-0.05, 0) is 38.5 Å². The van der Waals surface area contributed by atoms with Gasteiger partial charge < -0.3 is 18.9 Å². The second-order valence-corrected chi connectivity index (χ2v) is 39.3. The molecule has 1 N–H and O–H groups in total. The van der Waals surface area contributed by atoms with Crippen LogP contribution >= 0.6 is 7.82 Å². The topological polar surface area (TPSA) is 177 Å². The van der Waals surface area contributed by atoms with Crippen LogP contribution in [0.25, 0.3) is 0 Å². The van der Waals surface area contributed by atoms with E-state index in [4.69, 9.17) is 18.5 Å². The number of nitrogens with zero attached hydrogens (tertiary/aromatic N) is 1.